The van der Waals surface area contributed by atoms with Gasteiger partial charge in [0.1, 0.15) is 0 Å². The molecule has 10 fully saturated rings. The van der Waals surface area contributed by atoms with Gasteiger partial charge in [-0.15, -0.1) is 0 Å². The Labute approximate surface area is 950 Å². The van der Waals surface area contributed by atoms with E-state index in [0.29, 0.717) is 12.9 Å². The number of rotatable bonds is 5. The zero-order chi connectivity index (χ0) is 62.2. The van der Waals surface area contributed by atoms with E-state index in [4.69, 9.17) is 24.6 Å². The predicted molar refractivity (Wildman–Crippen MR) is 419 cm³/mol. The molecule has 12 radical (unpaired) electrons. The molecular weight excluding hydrogens is 3150 g/mol. The van der Waals surface area contributed by atoms with E-state index in [1.54, 1.807) is 56.6 Å². The number of nitrogens with zero attached hydrogens (tertiary/aromatic N) is 5. The Hall–Kier alpha value is 8.35. The number of hydrogen-bond donors (Lipinski definition) is 5. The smallest absolute Gasteiger partial charge is 0.666 e. The second kappa shape index (κ2) is 259. The van der Waals surface area contributed by atoms with Crippen LogP contribution < -0.4 is 16.0 Å². The van der Waals surface area contributed by atoms with E-state index in [1.807, 2.05) is 32.7 Å². The molecule has 2 saturated carbocycles. The maximum atomic E-state index is 9.78. The van der Waals surface area contributed by atoms with E-state index < -0.39 is 0 Å². The van der Waals surface area contributed by atoms with Gasteiger partial charge in [0.15, 0.2) is 0 Å². The van der Waals surface area contributed by atoms with Gasteiger partial charge in [0, 0.05) is 63.2 Å². The van der Waals surface area contributed by atoms with Crippen LogP contribution in [0.25, 0.3) is 0 Å². The number of likely N-dealkylation sites (tertiary alicyclic amines) is 5. The van der Waals surface area contributed by atoms with Gasteiger partial charge in [-0.1, -0.05) is 90.0 Å². The van der Waals surface area contributed by atoms with Gasteiger partial charge in [-0.3, -0.25) is 81.9 Å². The number of hydrogen-bond acceptors (Lipinski definition) is 11. The average Bonchev–Trinajstić information content (AvgIpc) is 2.51. The molecule has 642 valence electrons. The van der Waals surface area contributed by atoms with E-state index >= 15 is 0 Å². The van der Waals surface area contributed by atoms with Crippen molar-refractivity contribution >= 4 is 88.2 Å². The van der Waals surface area contributed by atoms with Crippen molar-refractivity contribution in [3.05, 3.63) is 204 Å². The fourth-order valence-electron chi connectivity index (χ4n) is 6.39. The van der Waals surface area contributed by atoms with Gasteiger partial charge in [0.25, 0.3) is 0 Å². The molecule has 5 N–H and O–H groups in total. The van der Waals surface area contributed by atoms with E-state index in [0.717, 1.165) is 96.9 Å². The van der Waals surface area contributed by atoms with Crippen LogP contribution in [0.4, 0.5) is 0 Å². The maximum Gasteiger partial charge on any atom is 2.00 e. The van der Waals surface area contributed by atoms with E-state index in [9.17, 15) is 24.0 Å². The number of carbonyl (C=O) groups excluding carboxylic acids is 6. The Morgan fingerprint density at radius 2 is 0.420 bits per heavy atom. The van der Waals surface area contributed by atoms with Crippen LogP contribution in [0.2, 0.25) is 0 Å². The van der Waals surface area contributed by atoms with Crippen LogP contribution in [0.5, 0.6) is 0 Å². The summed E-state index contributed by atoms with van der Waals surface area (Å²) in [6, 6.07) is 0. The third kappa shape index (κ3) is 265. The Bertz CT molecular complexity index is 1120. The molecule has 8 aliphatic heterocycles. The molecule has 4 atom stereocenters. The predicted octanol–water partition coefficient (Wildman–Crippen LogP) is 14.6. The maximum absolute atomic E-state index is 9.78. The van der Waals surface area contributed by atoms with Crippen LogP contribution in [0.1, 0.15) is 161 Å². The summed E-state index contributed by atoms with van der Waals surface area (Å²) in [6.45, 7) is 44.6. The van der Waals surface area contributed by atoms with E-state index in [1.165, 1.54) is 146 Å². The molecule has 18 nitrogen and oxygen atoms in total. The molecule has 0 aromatic heterocycles. The summed E-state index contributed by atoms with van der Waals surface area (Å²) in [5.74, 6) is 5.67. The first-order chi connectivity index (χ1) is 39.6. The molecule has 5 amide bonds. The zero-order valence-corrected chi connectivity index (χ0v) is 110. The molecule has 8 saturated heterocycles. The van der Waals surface area contributed by atoms with Gasteiger partial charge in [-0.2, -0.15) is 153 Å². The molecule has 2 aliphatic carbocycles. The first-order valence-corrected chi connectivity index (χ1v) is 29.7. The van der Waals surface area contributed by atoms with Crippen LogP contribution in [0, 0.1) is 181 Å². The number of amides is 5. The van der Waals surface area contributed by atoms with Crippen LogP contribution in [-0.4, -0.2) is 138 Å². The van der Waals surface area contributed by atoms with Crippen molar-refractivity contribution in [2.75, 3.05) is 52.4 Å². The van der Waals surface area contributed by atoms with Crippen molar-refractivity contribution in [1.82, 2.24) is 40.4 Å². The van der Waals surface area contributed by atoms with Gasteiger partial charge >= 0.3 is 307 Å². The van der Waals surface area contributed by atoms with Crippen molar-refractivity contribution in [1.29, 1.82) is 0 Å². The summed E-state index contributed by atoms with van der Waals surface area (Å²) in [6.07, 6.45) is 45.0. The molecule has 0 spiro atoms. The van der Waals surface area contributed by atoms with Crippen LogP contribution in [0.3, 0.4) is 0 Å². The van der Waals surface area contributed by atoms with Gasteiger partial charge < -0.3 is 217 Å². The summed E-state index contributed by atoms with van der Waals surface area (Å²) < 4.78 is 0. The molecule has 0 bridgehead atoms. The van der Waals surface area contributed by atoms with Gasteiger partial charge in [0.2, 0.25) is 0 Å². The Morgan fingerprint density at radius 3 is 0.455 bits per heavy atom. The van der Waals surface area contributed by atoms with Crippen molar-refractivity contribution in [3.8, 4) is 0 Å². The van der Waals surface area contributed by atoms with E-state index in [2.05, 4.69) is 112 Å². The standard InChI is InChI=1S/5C5H7NO.2C5H9.3C4H8N.C2H3O.4C2H4P.2CHO2.12CH3.12V.7W/c5*7-5-6-3-1-2-4-6;5*1-2-4-5-3-1;5*1-2-3;2*2-1-3;;;;;;;;;;;;;;;;;;;;;;;;;;;;;;;/h5*3H,1-2,4H2;2*1H,2-5H2;3*3,5H,1-2,4H2;1H3;4*1-2H,3H2;2*(H,2,3);12*1H3;;;;;;;;;;;;;;;;;;;/q5*-2;24*-1;12*+2;;;;4*+2. The molecular formula is C71H134N8O10P4V12W7-2. The quantitative estimate of drug-likeness (QED) is 0.128. The first kappa shape index (κ1) is 253. The van der Waals surface area contributed by atoms with Gasteiger partial charge in [0.05, 0.1) is 0 Å². The molecule has 8 heterocycles. The fraction of sp³-hybridized carbons (Fsp3) is 0.465. The zero-order valence-electron chi connectivity index (χ0n) is 68.4. The Kier molecular flexibility index (Phi) is 584. The van der Waals surface area contributed by atoms with Gasteiger partial charge in [-0.25, -0.2) is 0 Å². The van der Waals surface area contributed by atoms with Crippen molar-refractivity contribution in [2.24, 2.45) is 0 Å². The largest absolute Gasteiger partial charge is 2.00 e. The normalized spacial score (nSPS) is 12.5. The molecule has 10 aliphatic rings. The fourth-order valence-corrected chi connectivity index (χ4v) is 6.39. The minimum atomic E-state index is 0. The Balaban J connectivity index is -0.0000000143. The minimum absolute atomic E-state index is 0. The molecule has 4 unspecified atom stereocenters. The molecule has 0 aromatic rings. The monoisotopic (exact) mass is 3280 g/mol. The summed E-state index contributed by atoms with van der Waals surface area (Å²) in [7, 11) is 8.93. The van der Waals surface area contributed by atoms with Crippen LogP contribution >= 0.6 is 37.0 Å². The van der Waals surface area contributed by atoms with Crippen molar-refractivity contribution in [3.63, 3.8) is 0 Å². The molecule has 10 rings (SSSR count). The number of aliphatic hydroxyl groups excluding tert-OH is 2. The topological polar surface area (TPSA) is 229 Å². The summed E-state index contributed by atoms with van der Waals surface area (Å²) in [5, 5.41) is 22.8. The van der Waals surface area contributed by atoms with Gasteiger partial charge in [-0.05, 0) is 52.4 Å². The third-order valence-electron chi connectivity index (χ3n) is 9.92. The summed E-state index contributed by atoms with van der Waals surface area (Å²) in [4.78, 5) is 81.8. The van der Waals surface area contributed by atoms with Crippen LogP contribution in [0.15, 0.2) is 23.3 Å². The van der Waals surface area contributed by atoms with Crippen LogP contribution in [-0.2, 0) is 408 Å². The third-order valence-corrected chi connectivity index (χ3v) is 9.92. The molecule has 41 heteroatoms. The second-order valence-electron chi connectivity index (χ2n) is 16.3. The number of nitrogens with one attached hydrogen (secondary N) is 3. The van der Waals surface area contributed by atoms with Crippen molar-refractivity contribution in [2.45, 2.75) is 161 Å². The average molecular weight is 3280 g/mol. The molecule has 112 heavy (non-hydrogen) atoms. The Morgan fingerprint density at radius 1 is 0.295 bits per heavy atom. The van der Waals surface area contributed by atoms with E-state index in [-0.39, 0.29) is 459 Å². The summed E-state index contributed by atoms with van der Waals surface area (Å²) >= 11 is 0. The molecule has 0 aromatic carbocycles. The first-order valence-electron chi connectivity index (χ1n) is 27.1. The minimum Gasteiger partial charge on any atom is -0.666 e. The van der Waals surface area contributed by atoms with Crippen molar-refractivity contribution < 1.29 is 419 Å². The second-order valence-corrected chi connectivity index (χ2v) is 17.8. The SMILES string of the molecule is C[C-]=O.O=[C-]N1[CH-]CCC1.O=[C-]N1[CH-]CCC1.O=[C-]N1[CH-]CCC1.O=[C-]N1[CH-]CCC1.O=[C-]N1[CH-]CCC1.O=[C-]O.O=[C-]O.[CH-]1CCCC1.[CH-]1CCCC1.[CH-]1CCCN1.[CH-]1CCCN1.[CH-]1CCCN1.[CH-]=CP.[CH-]=CP.[CH-]=CP.[CH-]=CP.[CH3-].[CH3-].[CH3-].[CH3-].[CH3-].[CH3-].[CH3-].[CH3-].[CH3-].[CH3-].[CH3-].[CH3-].[V+2].[V+2].[V+2].[V+2].[V+2].[V+2].[V+2].[V+2].[V+2].[V+2].[V+2].[V+2].[W+2].[W+2].[W+2].[W+2].[W].[W].[W]. The summed E-state index contributed by atoms with van der Waals surface area (Å²) in [5.41, 5.74) is 0.